The molecule has 0 bridgehead atoms. The van der Waals surface area contributed by atoms with Crippen LogP contribution >= 0.6 is 34.5 Å². The SMILES string of the molecule is O=C(O)c1ccc(Nc2nc(Cl)cs2)c(Cl)c1. The number of hydrogen-bond donors (Lipinski definition) is 2. The third-order valence-corrected chi connectivity index (χ3v) is 3.33. The third kappa shape index (κ3) is 2.88. The Hall–Kier alpha value is -1.30. The first-order valence-electron chi connectivity index (χ1n) is 4.47. The van der Waals surface area contributed by atoms with E-state index in [9.17, 15) is 4.79 Å². The van der Waals surface area contributed by atoms with Crippen molar-refractivity contribution < 1.29 is 9.90 Å². The van der Waals surface area contributed by atoms with E-state index in [0.717, 1.165) is 0 Å². The second kappa shape index (κ2) is 4.91. The van der Waals surface area contributed by atoms with Gasteiger partial charge in [0.2, 0.25) is 0 Å². The van der Waals surface area contributed by atoms with E-state index in [0.29, 0.717) is 21.0 Å². The highest BCUT2D eigenvalue weighted by atomic mass is 35.5. The van der Waals surface area contributed by atoms with E-state index in [1.807, 2.05) is 0 Å². The van der Waals surface area contributed by atoms with Crippen LogP contribution in [0.2, 0.25) is 10.2 Å². The molecule has 0 saturated carbocycles. The number of anilines is 2. The minimum Gasteiger partial charge on any atom is -0.478 e. The van der Waals surface area contributed by atoms with Crippen LogP contribution in [0.3, 0.4) is 0 Å². The average molecular weight is 289 g/mol. The van der Waals surface area contributed by atoms with Crippen LogP contribution in [-0.2, 0) is 0 Å². The average Bonchev–Trinajstić information content (AvgIpc) is 2.67. The van der Waals surface area contributed by atoms with Crippen LogP contribution in [0, 0.1) is 0 Å². The summed E-state index contributed by atoms with van der Waals surface area (Å²) in [5, 5.41) is 14.7. The fourth-order valence-corrected chi connectivity index (χ4v) is 2.25. The minimum atomic E-state index is -1.02. The molecule has 0 aliphatic rings. The molecule has 88 valence electrons. The summed E-state index contributed by atoms with van der Waals surface area (Å²) >= 11 is 13.0. The van der Waals surface area contributed by atoms with Crippen LogP contribution in [0.25, 0.3) is 0 Å². The molecule has 1 aromatic carbocycles. The summed E-state index contributed by atoms with van der Waals surface area (Å²) in [6.07, 6.45) is 0. The zero-order chi connectivity index (χ0) is 12.4. The third-order valence-electron chi connectivity index (χ3n) is 1.93. The molecule has 0 saturated heterocycles. The van der Waals surface area contributed by atoms with E-state index in [1.54, 1.807) is 11.4 Å². The summed E-state index contributed by atoms with van der Waals surface area (Å²) in [5.74, 6) is -1.02. The van der Waals surface area contributed by atoms with Gasteiger partial charge in [-0.25, -0.2) is 9.78 Å². The van der Waals surface area contributed by atoms with Crippen molar-refractivity contribution in [2.24, 2.45) is 0 Å². The first kappa shape index (κ1) is 12.2. The van der Waals surface area contributed by atoms with Gasteiger partial charge in [-0.05, 0) is 18.2 Å². The number of aromatic nitrogens is 1. The van der Waals surface area contributed by atoms with Crippen LogP contribution in [0.15, 0.2) is 23.6 Å². The lowest BCUT2D eigenvalue weighted by Crippen LogP contribution is -1.97. The highest BCUT2D eigenvalue weighted by molar-refractivity contribution is 7.14. The maximum Gasteiger partial charge on any atom is 0.335 e. The largest absolute Gasteiger partial charge is 0.478 e. The van der Waals surface area contributed by atoms with Gasteiger partial charge in [-0.3, -0.25) is 0 Å². The normalized spacial score (nSPS) is 10.2. The molecule has 2 aromatic rings. The number of halogens is 2. The molecule has 0 spiro atoms. The number of nitrogens with one attached hydrogen (secondary N) is 1. The topological polar surface area (TPSA) is 62.2 Å². The number of rotatable bonds is 3. The number of carbonyl (C=O) groups is 1. The molecular formula is C10H6Cl2N2O2S. The van der Waals surface area contributed by atoms with Crippen molar-refractivity contribution in [1.29, 1.82) is 0 Å². The number of aromatic carboxylic acids is 1. The fraction of sp³-hybridized carbons (Fsp3) is 0. The Kier molecular flexibility index (Phi) is 3.51. The highest BCUT2D eigenvalue weighted by Crippen LogP contribution is 2.28. The van der Waals surface area contributed by atoms with Gasteiger partial charge in [0.15, 0.2) is 5.13 Å². The van der Waals surface area contributed by atoms with E-state index < -0.39 is 5.97 Å². The molecule has 4 nitrogen and oxygen atoms in total. The minimum absolute atomic E-state index is 0.137. The maximum atomic E-state index is 10.7. The number of benzene rings is 1. The summed E-state index contributed by atoms with van der Waals surface area (Å²) in [4.78, 5) is 14.7. The summed E-state index contributed by atoms with van der Waals surface area (Å²) in [6.45, 7) is 0. The van der Waals surface area contributed by atoms with Crippen molar-refractivity contribution >= 4 is 51.3 Å². The van der Waals surface area contributed by atoms with Gasteiger partial charge in [-0.15, -0.1) is 11.3 Å². The number of carboxylic acid groups (broad SMARTS) is 1. The number of carboxylic acids is 1. The van der Waals surface area contributed by atoms with Crippen molar-refractivity contribution in [3.05, 3.63) is 39.3 Å². The first-order valence-corrected chi connectivity index (χ1v) is 6.11. The molecule has 0 radical (unpaired) electrons. The molecule has 17 heavy (non-hydrogen) atoms. The molecule has 2 rings (SSSR count). The van der Waals surface area contributed by atoms with Gasteiger partial charge >= 0.3 is 5.97 Å². The number of nitrogens with zero attached hydrogens (tertiary/aromatic N) is 1. The molecule has 0 atom stereocenters. The molecular weight excluding hydrogens is 283 g/mol. The van der Waals surface area contributed by atoms with E-state index in [1.165, 1.54) is 23.5 Å². The van der Waals surface area contributed by atoms with Gasteiger partial charge in [0.05, 0.1) is 16.3 Å². The van der Waals surface area contributed by atoms with Crippen molar-refractivity contribution in [2.75, 3.05) is 5.32 Å². The van der Waals surface area contributed by atoms with Gasteiger partial charge in [-0.1, -0.05) is 23.2 Å². The molecule has 0 unspecified atom stereocenters. The summed E-state index contributed by atoms with van der Waals surface area (Å²) in [7, 11) is 0. The molecule has 7 heteroatoms. The molecule has 1 aromatic heterocycles. The van der Waals surface area contributed by atoms with Crippen molar-refractivity contribution in [2.45, 2.75) is 0 Å². The second-order valence-electron chi connectivity index (χ2n) is 3.10. The predicted octanol–water partition coefficient (Wildman–Crippen LogP) is 3.89. The van der Waals surface area contributed by atoms with Gasteiger partial charge in [0.25, 0.3) is 0 Å². The van der Waals surface area contributed by atoms with Crippen molar-refractivity contribution in [3.8, 4) is 0 Å². The van der Waals surface area contributed by atoms with Gasteiger partial charge in [0, 0.05) is 5.38 Å². The Morgan fingerprint density at radius 1 is 1.41 bits per heavy atom. The molecule has 2 N–H and O–H groups in total. The quantitative estimate of drug-likeness (QED) is 0.899. The van der Waals surface area contributed by atoms with E-state index in [2.05, 4.69) is 10.3 Å². The number of hydrogen-bond acceptors (Lipinski definition) is 4. The summed E-state index contributed by atoms with van der Waals surface area (Å²) in [6, 6.07) is 4.42. The Morgan fingerprint density at radius 2 is 2.18 bits per heavy atom. The molecule has 0 aliphatic heterocycles. The van der Waals surface area contributed by atoms with Gasteiger partial charge < -0.3 is 10.4 Å². The lowest BCUT2D eigenvalue weighted by atomic mass is 10.2. The Morgan fingerprint density at radius 3 is 2.71 bits per heavy atom. The van der Waals surface area contributed by atoms with Crippen LogP contribution < -0.4 is 5.32 Å². The van der Waals surface area contributed by atoms with Crippen LogP contribution in [0.5, 0.6) is 0 Å². The fourth-order valence-electron chi connectivity index (χ4n) is 1.18. The summed E-state index contributed by atoms with van der Waals surface area (Å²) < 4.78 is 0. The smallest absolute Gasteiger partial charge is 0.335 e. The van der Waals surface area contributed by atoms with Gasteiger partial charge in [0.1, 0.15) is 5.15 Å². The monoisotopic (exact) mass is 288 g/mol. The van der Waals surface area contributed by atoms with Crippen LogP contribution in [0.1, 0.15) is 10.4 Å². The lowest BCUT2D eigenvalue weighted by Gasteiger charge is -2.05. The standard InChI is InChI=1S/C10H6Cl2N2O2S/c11-6-3-5(9(15)16)1-2-7(6)13-10-14-8(12)4-17-10/h1-4H,(H,13,14)(H,15,16). The highest BCUT2D eigenvalue weighted by Gasteiger charge is 2.08. The Labute approximate surface area is 111 Å². The lowest BCUT2D eigenvalue weighted by molar-refractivity contribution is 0.0697. The Balaban J connectivity index is 2.25. The zero-order valence-corrected chi connectivity index (χ0v) is 10.6. The van der Waals surface area contributed by atoms with Gasteiger partial charge in [-0.2, -0.15) is 0 Å². The molecule has 0 amide bonds. The maximum absolute atomic E-state index is 10.7. The molecule has 0 aliphatic carbocycles. The second-order valence-corrected chi connectivity index (χ2v) is 4.75. The van der Waals surface area contributed by atoms with Crippen LogP contribution in [-0.4, -0.2) is 16.1 Å². The van der Waals surface area contributed by atoms with Crippen molar-refractivity contribution in [3.63, 3.8) is 0 Å². The van der Waals surface area contributed by atoms with E-state index in [-0.39, 0.29) is 5.56 Å². The summed E-state index contributed by atoms with van der Waals surface area (Å²) in [5.41, 5.74) is 0.723. The molecule has 1 heterocycles. The zero-order valence-electron chi connectivity index (χ0n) is 8.28. The van der Waals surface area contributed by atoms with Crippen LogP contribution in [0.4, 0.5) is 10.8 Å². The first-order chi connectivity index (χ1) is 8.06. The Bertz CT molecular complexity index is 571. The number of thiazole rings is 1. The van der Waals surface area contributed by atoms with E-state index in [4.69, 9.17) is 28.3 Å². The predicted molar refractivity (Wildman–Crippen MR) is 68.8 cm³/mol. The molecule has 0 fully saturated rings. The van der Waals surface area contributed by atoms with Crippen molar-refractivity contribution in [1.82, 2.24) is 4.98 Å². The van der Waals surface area contributed by atoms with E-state index >= 15 is 0 Å².